The highest BCUT2D eigenvalue weighted by molar-refractivity contribution is 7.93. The van der Waals surface area contributed by atoms with E-state index in [0.29, 0.717) is 42.7 Å². The van der Waals surface area contributed by atoms with Gasteiger partial charge in [-0.2, -0.15) is 0 Å². The molecule has 184 valence electrons. The Balaban J connectivity index is 1.27. The predicted molar refractivity (Wildman–Crippen MR) is 137 cm³/mol. The fourth-order valence-electron chi connectivity index (χ4n) is 4.69. The van der Waals surface area contributed by atoms with Crippen LogP contribution in [0.2, 0.25) is 0 Å². The molecule has 5 rings (SSSR count). The van der Waals surface area contributed by atoms with Crippen LogP contribution in [-0.4, -0.2) is 47.4 Å². The van der Waals surface area contributed by atoms with E-state index in [0.717, 1.165) is 16.6 Å². The molecule has 36 heavy (non-hydrogen) atoms. The van der Waals surface area contributed by atoms with Gasteiger partial charge in [-0.3, -0.25) is 19.5 Å². The minimum atomic E-state index is -3.88. The molecule has 0 atom stereocenters. The zero-order chi connectivity index (χ0) is 25.3. The molecule has 4 aromatic rings. The van der Waals surface area contributed by atoms with Gasteiger partial charge >= 0.3 is 0 Å². The number of hydrogen-bond acceptors (Lipinski definition) is 6. The van der Waals surface area contributed by atoms with Gasteiger partial charge in [0, 0.05) is 53.4 Å². The Bertz CT molecular complexity index is 1520. The Hall–Kier alpha value is -3.82. The summed E-state index contributed by atoms with van der Waals surface area (Å²) in [6.07, 6.45) is 4.09. The second-order valence-electron chi connectivity index (χ2n) is 8.97. The number of piperidine rings is 1. The van der Waals surface area contributed by atoms with Crippen molar-refractivity contribution in [1.82, 2.24) is 14.9 Å². The van der Waals surface area contributed by atoms with Crippen molar-refractivity contribution in [3.63, 3.8) is 0 Å². The summed E-state index contributed by atoms with van der Waals surface area (Å²) < 4.78 is 28.6. The van der Waals surface area contributed by atoms with Crippen molar-refractivity contribution in [2.75, 3.05) is 17.8 Å². The van der Waals surface area contributed by atoms with E-state index in [-0.39, 0.29) is 10.8 Å². The average Bonchev–Trinajstić information content (AvgIpc) is 2.89. The van der Waals surface area contributed by atoms with Gasteiger partial charge in [-0.15, -0.1) is 0 Å². The third-order valence-electron chi connectivity index (χ3n) is 6.66. The van der Waals surface area contributed by atoms with E-state index in [4.69, 9.17) is 0 Å². The van der Waals surface area contributed by atoms with E-state index in [1.54, 1.807) is 65.8 Å². The van der Waals surface area contributed by atoms with E-state index in [1.165, 1.54) is 6.07 Å². The maximum atomic E-state index is 13.1. The summed E-state index contributed by atoms with van der Waals surface area (Å²) in [6.45, 7) is 2.69. The molecular weight excluding hydrogens is 476 g/mol. The minimum absolute atomic E-state index is 0.0883. The number of nitrogens with one attached hydrogen (secondary N) is 1. The van der Waals surface area contributed by atoms with Gasteiger partial charge in [0.05, 0.1) is 11.1 Å². The van der Waals surface area contributed by atoms with Crippen LogP contribution in [-0.2, 0) is 15.6 Å². The number of nitrogens with zero attached hydrogens (tertiary/aromatic N) is 3. The highest BCUT2D eigenvalue weighted by Crippen LogP contribution is 2.34. The first kappa shape index (κ1) is 23.9. The molecule has 0 radical (unpaired) electrons. The number of aliphatic hydroxyl groups is 1. The lowest BCUT2D eigenvalue weighted by Crippen LogP contribution is -2.45. The Kier molecular flexibility index (Phi) is 6.19. The predicted octanol–water partition coefficient (Wildman–Crippen LogP) is 3.86. The van der Waals surface area contributed by atoms with Crippen molar-refractivity contribution in [2.24, 2.45) is 0 Å². The summed E-state index contributed by atoms with van der Waals surface area (Å²) in [5.74, 6) is -0.160. The minimum Gasteiger partial charge on any atom is -0.385 e. The molecule has 8 nitrogen and oxygen atoms in total. The summed E-state index contributed by atoms with van der Waals surface area (Å²) in [6, 6.07) is 18.6. The zero-order valence-corrected chi connectivity index (χ0v) is 20.6. The van der Waals surface area contributed by atoms with Crippen molar-refractivity contribution in [3.05, 3.63) is 95.9 Å². The smallest absolute Gasteiger partial charge is 0.264 e. The number of aryl methyl sites for hydroxylation is 1. The molecule has 0 unspecified atom stereocenters. The lowest BCUT2D eigenvalue weighted by molar-refractivity contribution is -0.0218. The maximum absolute atomic E-state index is 13.1. The fraction of sp³-hybridized carbons (Fsp3) is 0.222. The van der Waals surface area contributed by atoms with E-state index >= 15 is 0 Å². The van der Waals surface area contributed by atoms with Crippen LogP contribution in [0.1, 0.15) is 34.5 Å². The number of sulfonamides is 1. The van der Waals surface area contributed by atoms with Gasteiger partial charge in [0.25, 0.3) is 15.9 Å². The largest absolute Gasteiger partial charge is 0.385 e. The maximum Gasteiger partial charge on any atom is 0.264 e. The van der Waals surface area contributed by atoms with Crippen molar-refractivity contribution in [3.8, 4) is 0 Å². The topological polar surface area (TPSA) is 112 Å². The van der Waals surface area contributed by atoms with Gasteiger partial charge in [0.2, 0.25) is 0 Å². The lowest BCUT2D eigenvalue weighted by Gasteiger charge is -2.39. The summed E-state index contributed by atoms with van der Waals surface area (Å²) in [4.78, 5) is 23.4. The first-order valence-corrected chi connectivity index (χ1v) is 13.2. The first-order valence-electron chi connectivity index (χ1n) is 11.7. The number of amides is 1. The summed E-state index contributed by atoms with van der Waals surface area (Å²) in [5, 5.41) is 11.9. The molecule has 0 spiro atoms. The summed E-state index contributed by atoms with van der Waals surface area (Å²) in [5.41, 5.74) is 1.78. The fourth-order valence-corrected chi connectivity index (χ4v) is 5.93. The number of aromatic nitrogens is 2. The Morgan fingerprint density at radius 2 is 1.61 bits per heavy atom. The molecule has 0 bridgehead atoms. The number of carbonyl (C=O) groups is 1. The second-order valence-corrected chi connectivity index (χ2v) is 10.6. The van der Waals surface area contributed by atoms with Crippen LogP contribution in [0.25, 0.3) is 10.9 Å². The van der Waals surface area contributed by atoms with E-state index in [1.807, 2.05) is 19.1 Å². The third kappa shape index (κ3) is 4.55. The molecule has 3 heterocycles. The molecule has 1 fully saturated rings. The molecule has 0 saturated carbocycles. The van der Waals surface area contributed by atoms with Crippen LogP contribution in [0.5, 0.6) is 0 Å². The monoisotopic (exact) mass is 502 g/mol. The summed E-state index contributed by atoms with van der Waals surface area (Å²) in [7, 11) is -3.88. The van der Waals surface area contributed by atoms with Crippen LogP contribution in [0.3, 0.4) is 0 Å². The number of carbonyl (C=O) groups excluding carboxylic acids is 1. The molecule has 1 amide bonds. The number of para-hydroxylation sites is 1. The van der Waals surface area contributed by atoms with Crippen molar-refractivity contribution in [1.29, 1.82) is 0 Å². The van der Waals surface area contributed by atoms with Crippen molar-refractivity contribution < 1.29 is 18.3 Å². The molecular formula is C27H26N4O4S. The molecule has 2 aromatic heterocycles. The number of anilines is 1. The number of benzene rings is 2. The Labute approximate surface area is 209 Å². The number of hydrogen-bond donors (Lipinski definition) is 2. The number of rotatable bonds is 5. The SMILES string of the molecule is Cc1ncccc1C1(O)CCN(C(=O)c2ccc(NS(=O)(=O)c3cccc4cccnc34)cc2)CC1. The van der Waals surface area contributed by atoms with Crippen LogP contribution in [0, 0.1) is 6.92 Å². The lowest BCUT2D eigenvalue weighted by atomic mass is 9.83. The van der Waals surface area contributed by atoms with E-state index in [9.17, 15) is 18.3 Å². The average molecular weight is 503 g/mol. The van der Waals surface area contributed by atoms with Crippen LogP contribution >= 0.6 is 0 Å². The van der Waals surface area contributed by atoms with E-state index < -0.39 is 15.6 Å². The van der Waals surface area contributed by atoms with E-state index in [2.05, 4.69) is 14.7 Å². The molecule has 1 saturated heterocycles. The summed E-state index contributed by atoms with van der Waals surface area (Å²) >= 11 is 0. The molecule has 1 aliphatic heterocycles. The van der Waals surface area contributed by atoms with Gasteiger partial charge in [-0.25, -0.2) is 8.42 Å². The normalized spacial score (nSPS) is 15.6. The molecule has 2 N–H and O–H groups in total. The van der Waals surface area contributed by atoms with Gasteiger partial charge in [0.1, 0.15) is 4.90 Å². The highest BCUT2D eigenvalue weighted by atomic mass is 32.2. The van der Waals surface area contributed by atoms with Crippen LogP contribution < -0.4 is 4.72 Å². The van der Waals surface area contributed by atoms with Crippen LogP contribution in [0.4, 0.5) is 5.69 Å². The molecule has 9 heteroatoms. The number of pyridine rings is 2. The molecule has 1 aliphatic rings. The molecule has 0 aliphatic carbocycles. The number of likely N-dealkylation sites (tertiary alicyclic amines) is 1. The van der Waals surface area contributed by atoms with Gasteiger partial charge in [0.15, 0.2) is 0 Å². The standard InChI is InChI=1S/C27H26N4O4S/c1-19-23(7-4-15-28-19)27(33)13-17-31(18-14-27)26(32)21-9-11-22(12-10-21)30-36(34,35)24-8-2-5-20-6-3-16-29-25(20)24/h2-12,15-16,30,33H,13-14,17-18H2,1H3. The van der Waals surface area contributed by atoms with Crippen LogP contribution in [0.15, 0.2) is 84.0 Å². The second kappa shape index (κ2) is 9.33. The van der Waals surface area contributed by atoms with Gasteiger partial charge < -0.3 is 10.0 Å². The van der Waals surface area contributed by atoms with Gasteiger partial charge in [-0.05, 0) is 62.2 Å². The zero-order valence-electron chi connectivity index (χ0n) is 19.8. The molecule has 2 aromatic carbocycles. The first-order chi connectivity index (χ1) is 17.3. The van der Waals surface area contributed by atoms with Crippen molar-refractivity contribution >= 4 is 32.5 Å². The van der Waals surface area contributed by atoms with Gasteiger partial charge in [-0.1, -0.05) is 24.3 Å². The Morgan fingerprint density at radius 1 is 0.944 bits per heavy atom. The van der Waals surface area contributed by atoms with Crippen molar-refractivity contribution in [2.45, 2.75) is 30.3 Å². The quantitative estimate of drug-likeness (QED) is 0.429. The Morgan fingerprint density at radius 3 is 2.33 bits per heavy atom. The highest BCUT2D eigenvalue weighted by Gasteiger charge is 2.36. The third-order valence-corrected chi connectivity index (χ3v) is 8.07. The number of fused-ring (bicyclic) bond motifs is 1.